The van der Waals surface area contributed by atoms with Gasteiger partial charge in [0.2, 0.25) is 0 Å². The smallest absolute Gasteiger partial charge is 0.259 e. The summed E-state index contributed by atoms with van der Waals surface area (Å²) in [5.74, 6) is 0. The van der Waals surface area contributed by atoms with Gasteiger partial charge in [0.05, 0.1) is 5.39 Å². The van der Waals surface area contributed by atoms with E-state index in [0.29, 0.717) is 6.54 Å². The molecule has 2 aromatic heterocycles. The van der Waals surface area contributed by atoms with E-state index in [4.69, 9.17) is 0 Å². The molecule has 0 radical (unpaired) electrons. The Morgan fingerprint density at radius 3 is 3.19 bits per heavy atom. The molecule has 0 aliphatic heterocycles. The Hall–Kier alpha value is -1.39. The Balaban J connectivity index is 2.15. The molecule has 0 saturated carbocycles. The molecular weight excluding hydrogens is 220 g/mol. The van der Waals surface area contributed by atoms with Crippen LogP contribution in [0, 0.1) is 0 Å². The van der Waals surface area contributed by atoms with Gasteiger partial charge in [-0.1, -0.05) is 6.08 Å². The highest BCUT2D eigenvalue weighted by Gasteiger charge is 2.02. The Labute approximate surface area is 98.0 Å². The van der Waals surface area contributed by atoms with Gasteiger partial charge in [-0.3, -0.25) is 4.79 Å². The average Bonchev–Trinajstić information content (AvgIpc) is 2.76. The van der Waals surface area contributed by atoms with E-state index in [1.54, 1.807) is 15.9 Å². The molecule has 0 amide bonds. The van der Waals surface area contributed by atoms with Gasteiger partial charge in [-0.15, -0.1) is 17.9 Å². The molecule has 0 unspecified atom stereocenters. The normalized spacial score (nSPS) is 10.8. The number of nitrogens with one attached hydrogen (secondary N) is 1. The lowest BCUT2D eigenvalue weighted by atomic mass is 10.3. The molecule has 3 nitrogen and oxygen atoms in total. The van der Waals surface area contributed by atoms with E-state index in [1.807, 2.05) is 29.8 Å². The predicted molar refractivity (Wildman–Crippen MR) is 69.2 cm³/mol. The second-order valence-electron chi connectivity index (χ2n) is 3.51. The van der Waals surface area contributed by atoms with Gasteiger partial charge in [0.1, 0.15) is 0 Å². The summed E-state index contributed by atoms with van der Waals surface area (Å²) in [6, 6.07) is 3.88. The van der Waals surface area contributed by atoms with Crippen LogP contribution in [0.25, 0.3) is 10.1 Å². The van der Waals surface area contributed by atoms with Crippen LogP contribution in [-0.2, 0) is 6.54 Å². The Morgan fingerprint density at radius 2 is 2.38 bits per heavy atom. The third kappa shape index (κ3) is 2.23. The number of nitrogens with zero attached hydrogens (tertiary/aromatic N) is 1. The van der Waals surface area contributed by atoms with E-state index in [1.165, 1.54) is 0 Å². The highest BCUT2D eigenvalue weighted by molar-refractivity contribution is 7.17. The number of rotatable bonds is 5. The average molecular weight is 234 g/mol. The van der Waals surface area contributed by atoms with Gasteiger partial charge >= 0.3 is 0 Å². The van der Waals surface area contributed by atoms with Gasteiger partial charge in [-0.05, 0) is 17.5 Å². The van der Waals surface area contributed by atoms with Crippen molar-refractivity contribution < 1.29 is 0 Å². The number of pyridine rings is 1. The van der Waals surface area contributed by atoms with Crippen molar-refractivity contribution in [3.05, 3.63) is 46.7 Å². The fraction of sp³-hybridized carbons (Fsp3) is 0.250. The van der Waals surface area contributed by atoms with Gasteiger partial charge in [-0.2, -0.15) is 0 Å². The summed E-state index contributed by atoms with van der Waals surface area (Å²) in [7, 11) is 0. The number of hydrogen-bond donors (Lipinski definition) is 1. The van der Waals surface area contributed by atoms with Crippen molar-refractivity contribution in [2.45, 2.75) is 6.54 Å². The second kappa shape index (κ2) is 5.09. The molecular formula is C12H14N2OS. The van der Waals surface area contributed by atoms with Gasteiger partial charge in [0.15, 0.2) is 0 Å². The van der Waals surface area contributed by atoms with Crippen LogP contribution < -0.4 is 10.9 Å². The first-order valence-electron chi connectivity index (χ1n) is 5.21. The number of fused-ring (bicyclic) bond motifs is 1. The monoisotopic (exact) mass is 234 g/mol. The minimum Gasteiger partial charge on any atom is -0.314 e. The predicted octanol–water partition coefficient (Wildman–Crippen LogP) is 1.84. The molecule has 0 spiro atoms. The SMILES string of the molecule is C=CCNCCn1ccc2sccc2c1=O. The first-order valence-corrected chi connectivity index (χ1v) is 6.09. The highest BCUT2D eigenvalue weighted by Crippen LogP contribution is 2.15. The van der Waals surface area contributed by atoms with Crippen LogP contribution in [0.5, 0.6) is 0 Å². The zero-order chi connectivity index (χ0) is 11.4. The van der Waals surface area contributed by atoms with Crippen molar-refractivity contribution in [1.82, 2.24) is 9.88 Å². The fourth-order valence-corrected chi connectivity index (χ4v) is 2.36. The molecule has 1 N–H and O–H groups in total. The Morgan fingerprint density at radius 1 is 1.50 bits per heavy atom. The van der Waals surface area contributed by atoms with Crippen LogP contribution in [-0.4, -0.2) is 17.7 Å². The molecule has 4 heteroatoms. The van der Waals surface area contributed by atoms with E-state index in [9.17, 15) is 4.79 Å². The van der Waals surface area contributed by atoms with E-state index < -0.39 is 0 Å². The molecule has 0 saturated heterocycles. The van der Waals surface area contributed by atoms with E-state index in [0.717, 1.165) is 23.2 Å². The van der Waals surface area contributed by atoms with Crippen molar-refractivity contribution in [3.8, 4) is 0 Å². The minimum atomic E-state index is 0.0964. The van der Waals surface area contributed by atoms with Gasteiger partial charge in [0, 0.05) is 30.5 Å². The summed E-state index contributed by atoms with van der Waals surface area (Å²) < 4.78 is 2.80. The molecule has 2 heterocycles. The summed E-state index contributed by atoms with van der Waals surface area (Å²) in [5.41, 5.74) is 0.0964. The molecule has 16 heavy (non-hydrogen) atoms. The molecule has 2 aromatic rings. The number of hydrogen-bond acceptors (Lipinski definition) is 3. The van der Waals surface area contributed by atoms with Crippen LogP contribution in [0.4, 0.5) is 0 Å². The number of aromatic nitrogens is 1. The van der Waals surface area contributed by atoms with Gasteiger partial charge < -0.3 is 9.88 Å². The molecule has 0 aliphatic carbocycles. The molecule has 0 fully saturated rings. The maximum Gasteiger partial charge on any atom is 0.259 e. The molecule has 0 aliphatic rings. The number of thiophene rings is 1. The largest absolute Gasteiger partial charge is 0.314 e. The summed E-state index contributed by atoms with van der Waals surface area (Å²) in [5, 5.41) is 5.94. The zero-order valence-corrected chi connectivity index (χ0v) is 9.80. The summed E-state index contributed by atoms with van der Waals surface area (Å²) in [4.78, 5) is 12.0. The topological polar surface area (TPSA) is 34.0 Å². The molecule has 0 bridgehead atoms. The zero-order valence-electron chi connectivity index (χ0n) is 8.98. The third-order valence-corrected chi connectivity index (χ3v) is 3.29. The van der Waals surface area contributed by atoms with Crippen molar-refractivity contribution in [3.63, 3.8) is 0 Å². The van der Waals surface area contributed by atoms with Crippen molar-refractivity contribution in [2.24, 2.45) is 0 Å². The summed E-state index contributed by atoms with van der Waals surface area (Å²) in [6.45, 7) is 5.87. The lowest BCUT2D eigenvalue weighted by Crippen LogP contribution is -2.26. The first kappa shape index (κ1) is 11.1. The van der Waals surface area contributed by atoms with E-state index in [2.05, 4.69) is 11.9 Å². The van der Waals surface area contributed by atoms with Gasteiger partial charge in [-0.25, -0.2) is 0 Å². The standard InChI is InChI=1S/C12H14N2OS/c1-2-5-13-6-8-14-7-3-11-10(12(14)15)4-9-16-11/h2-4,7,9,13H,1,5-6,8H2. The maximum absolute atomic E-state index is 12.0. The highest BCUT2D eigenvalue weighted by atomic mass is 32.1. The third-order valence-electron chi connectivity index (χ3n) is 2.41. The molecule has 0 atom stereocenters. The van der Waals surface area contributed by atoms with Crippen molar-refractivity contribution in [2.75, 3.05) is 13.1 Å². The quantitative estimate of drug-likeness (QED) is 0.632. The summed E-state index contributed by atoms with van der Waals surface area (Å²) >= 11 is 1.60. The van der Waals surface area contributed by atoms with Crippen molar-refractivity contribution in [1.29, 1.82) is 0 Å². The van der Waals surface area contributed by atoms with E-state index >= 15 is 0 Å². The van der Waals surface area contributed by atoms with Gasteiger partial charge in [0.25, 0.3) is 5.56 Å². The Kier molecular flexibility index (Phi) is 3.54. The van der Waals surface area contributed by atoms with Crippen LogP contribution in [0.2, 0.25) is 0 Å². The Bertz CT molecular complexity index is 541. The summed E-state index contributed by atoms with van der Waals surface area (Å²) in [6.07, 6.45) is 3.67. The molecule has 0 aromatic carbocycles. The van der Waals surface area contributed by atoms with Crippen LogP contribution in [0.15, 0.2) is 41.2 Å². The molecule has 84 valence electrons. The van der Waals surface area contributed by atoms with Crippen LogP contribution in [0.3, 0.4) is 0 Å². The fourth-order valence-electron chi connectivity index (χ4n) is 1.59. The lowest BCUT2D eigenvalue weighted by molar-refractivity contribution is 0.613. The van der Waals surface area contributed by atoms with E-state index in [-0.39, 0.29) is 5.56 Å². The first-order chi connectivity index (χ1) is 7.83. The lowest BCUT2D eigenvalue weighted by Gasteiger charge is -2.05. The maximum atomic E-state index is 12.0. The molecule has 2 rings (SSSR count). The second-order valence-corrected chi connectivity index (χ2v) is 4.45. The van der Waals surface area contributed by atoms with Crippen LogP contribution >= 0.6 is 11.3 Å². The van der Waals surface area contributed by atoms with Crippen LogP contribution in [0.1, 0.15) is 0 Å². The van der Waals surface area contributed by atoms with Crippen molar-refractivity contribution >= 4 is 21.4 Å². The minimum absolute atomic E-state index is 0.0964.